The fraction of sp³-hybridized carbons (Fsp3) is 0.800. The first-order chi connectivity index (χ1) is 7.22. The third-order valence-electron chi connectivity index (χ3n) is 2.77. The lowest BCUT2D eigenvalue weighted by Crippen LogP contribution is -2.49. The van der Waals surface area contributed by atoms with Gasteiger partial charge in [0.05, 0.1) is 20.3 Å². The number of hydrogen-bond donors (Lipinski definition) is 0. The Morgan fingerprint density at radius 2 is 2.13 bits per heavy atom. The number of esters is 1. The number of methoxy groups -OCH3 is 1. The molecule has 1 amide bonds. The van der Waals surface area contributed by atoms with Crippen LogP contribution in [0.25, 0.3) is 0 Å². The maximum absolute atomic E-state index is 11.7. The first-order valence-electron chi connectivity index (χ1n) is 5.20. The minimum absolute atomic E-state index is 0.159. The van der Waals surface area contributed by atoms with Gasteiger partial charge < -0.3 is 14.4 Å². The van der Waals surface area contributed by atoms with E-state index in [1.165, 1.54) is 7.11 Å². The SMILES string of the molecule is COC(=O)C1CN(C(=O)C2CC2)CCO1. The van der Waals surface area contributed by atoms with Crippen molar-refractivity contribution in [1.29, 1.82) is 0 Å². The molecule has 1 unspecified atom stereocenters. The largest absolute Gasteiger partial charge is 0.467 e. The van der Waals surface area contributed by atoms with Crippen LogP contribution in [-0.4, -0.2) is 49.7 Å². The second-order valence-electron chi connectivity index (χ2n) is 3.94. The number of nitrogens with zero attached hydrogens (tertiary/aromatic N) is 1. The van der Waals surface area contributed by atoms with Crippen LogP contribution in [0.4, 0.5) is 0 Å². The molecule has 1 saturated heterocycles. The molecule has 1 aliphatic carbocycles. The number of carbonyl (C=O) groups excluding carboxylic acids is 2. The highest BCUT2D eigenvalue weighted by atomic mass is 16.6. The van der Waals surface area contributed by atoms with E-state index in [-0.39, 0.29) is 11.8 Å². The van der Waals surface area contributed by atoms with Gasteiger partial charge in [0.1, 0.15) is 0 Å². The Bertz CT molecular complexity index is 275. The lowest BCUT2D eigenvalue weighted by atomic mass is 10.2. The van der Waals surface area contributed by atoms with Gasteiger partial charge in [0.25, 0.3) is 0 Å². The van der Waals surface area contributed by atoms with Gasteiger partial charge in [-0.15, -0.1) is 0 Å². The van der Waals surface area contributed by atoms with Gasteiger partial charge in [-0.3, -0.25) is 4.79 Å². The van der Waals surface area contributed by atoms with Gasteiger partial charge in [-0.2, -0.15) is 0 Å². The van der Waals surface area contributed by atoms with E-state index in [9.17, 15) is 9.59 Å². The third kappa shape index (κ3) is 2.28. The molecule has 15 heavy (non-hydrogen) atoms. The molecule has 0 aromatic rings. The van der Waals surface area contributed by atoms with Crippen LogP contribution in [0.1, 0.15) is 12.8 Å². The van der Waals surface area contributed by atoms with Gasteiger partial charge in [-0.25, -0.2) is 4.79 Å². The Labute approximate surface area is 88.3 Å². The quantitative estimate of drug-likeness (QED) is 0.596. The van der Waals surface area contributed by atoms with Crippen molar-refractivity contribution in [3.8, 4) is 0 Å². The van der Waals surface area contributed by atoms with Crippen molar-refractivity contribution in [1.82, 2.24) is 4.90 Å². The van der Waals surface area contributed by atoms with Crippen LogP contribution in [0.15, 0.2) is 0 Å². The van der Waals surface area contributed by atoms with Gasteiger partial charge in [0.2, 0.25) is 5.91 Å². The molecule has 0 spiro atoms. The third-order valence-corrected chi connectivity index (χ3v) is 2.77. The molecule has 1 atom stereocenters. The minimum atomic E-state index is -0.605. The molecule has 0 N–H and O–H groups in total. The van der Waals surface area contributed by atoms with E-state index < -0.39 is 12.1 Å². The highest BCUT2D eigenvalue weighted by Gasteiger charge is 2.37. The van der Waals surface area contributed by atoms with Crippen LogP contribution in [0, 0.1) is 5.92 Å². The minimum Gasteiger partial charge on any atom is -0.467 e. The molecule has 84 valence electrons. The van der Waals surface area contributed by atoms with Crippen molar-refractivity contribution >= 4 is 11.9 Å². The van der Waals surface area contributed by atoms with E-state index >= 15 is 0 Å². The summed E-state index contributed by atoms with van der Waals surface area (Å²) in [5.41, 5.74) is 0. The lowest BCUT2D eigenvalue weighted by Gasteiger charge is -2.31. The molecule has 2 rings (SSSR count). The Hall–Kier alpha value is -1.10. The number of morpholine rings is 1. The Morgan fingerprint density at radius 3 is 2.73 bits per heavy atom. The average molecular weight is 213 g/mol. The number of hydrogen-bond acceptors (Lipinski definition) is 4. The lowest BCUT2D eigenvalue weighted by molar-refractivity contribution is -0.162. The van der Waals surface area contributed by atoms with E-state index in [1.54, 1.807) is 4.90 Å². The van der Waals surface area contributed by atoms with Crippen LogP contribution in [-0.2, 0) is 19.1 Å². The van der Waals surface area contributed by atoms with Crippen LogP contribution >= 0.6 is 0 Å². The predicted molar refractivity (Wildman–Crippen MR) is 51.1 cm³/mol. The predicted octanol–water partition coefficient (Wildman–Crippen LogP) is -0.203. The number of carbonyl (C=O) groups is 2. The zero-order chi connectivity index (χ0) is 10.8. The van der Waals surface area contributed by atoms with Crippen molar-refractivity contribution in [3.63, 3.8) is 0 Å². The maximum atomic E-state index is 11.7. The van der Waals surface area contributed by atoms with E-state index in [0.717, 1.165) is 12.8 Å². The molecule has 0 radical (unpaired) electrons. The fourth-order valence-electron chi connectivity index (χ4n) is 1.71. The summed E-state index contributed by atoms with van der Waals surface area (Å²) in [6.07, 6.45) is 1.37. The Kier molecular flexibility index (Phi) is 2.90. The van der Waals surface area contributed by atoms with Crippen molar-refractivity contribution in [2.24, 2.45) is 5.92 Å². The summed E-state index contributed by atoms with van der Waals surface area (Å²) in [7, 11) is 1.33. The van der Waals surface area contributed by atoms with Crippen LogP contribution in [0.3, 0.4) is 0 Å². The zero-order valence-electron chi connectivity index (χ0n) is 8.77. The van der Waals surface area contributed by atoms with Gasteiger partial charge in [-0.05, 0) is 12.8 Å². The average Bonchev–Trinajstić information content (AvgIpc) is 3.11. The van der Waals surface area contributed by atoms with Gasteiger partial charge in [0.15, 0.2) is 6.10 Å². The van der Waals surface area contributed by atoms with Crippen molar-refractivity contribution in [2.45, 2.75) is 18.9 Å². The first-order valence-corrected chi connectivity index (χ1v) is 5.20. The molecule has 0 aromatic heterocycles. The molecule has 1 heterocycles. The summed E-state index contributed by atoms with van der Waals surface area (Å²) in [6, 6.07) is 0. The summed E-state index contributed by atoms with van der Waals surface area (Å²) in [4.78, 5) is 24.7. The molecular formula is C10H15NO4. The van der Waals surface area contributed by atoms with Gasteiger partial charge >= 0.3 is 5.97 Å². The van der Waals surface area contributed by atoms with Crippen LogP contribution in [0.2, 0.25) is 0 Å². The van der Waals surface area contributed by atoms with Crippen LogP contribution < -0.4 is 0 Å². The van der Waals surface area contributed by atoms with E-state index in [1.807, 2.05) is 0 Å². The van der Waals surface area contributed by atoms with E-state index in [2.05, 4.69) is 4.74 Å². The molecule has 1 saturated carbocycles. The molecule has 1 aliphatic heterocycles. The Morgan fingerprint density at radius 1 is 1.40 bits per heavy atom. The second kappa shape index (κ2) is 4.18. The molecule has 0 aromatic carbocycles. The van der Waals surface area contributed by atoms with Crippen molar-refractivity contribution in [3.05, 3.63) is 0 Å². The highest BCUT2D eigenvalue weighted by molar-refractivity contribution is 5.82. The normalized spacial score (nSPS) is 26.2. The smallest absolute Gasteiger partial charge is 0.336 e. The summed E-state index contributed by atoms with van der Waals surface area (Å²) in [5, 5.41) is 0. The monoisotopic (exact) mass is 213 g/mol. The number of amides is 1. The Balaban J connectivity index is 1.91. The van der Waals surface area contributed by atoms with Gasteiger partial charge in [-0.1, -0.05) is 0 Å². The summed E-state index contributed by atoms with van der Waals surface area (Å²) in [6.45, 7) is 1.34. The highest BCUT2D eigenvalue weighted by Crippen LogP contribution is 2.31. The summed E-state index contributed by atoms with van der Waals surface area (Å²) < 4.78 is 9.83. The molecular weight excluding hydrogens is 198 g/mol. The van der Waals surface area contributed by atoms with Crippen molar-refractivity contribution < 1.29 is 19.1 Å². The number of ether oxygens (including phenoxy) is 2. The zero-order valence-corrected chi connectivity index (χ0v) is 8.77. The van der Waals surface area contributed by atoms with Gasteiger partial charge in [0, 0.05) is 12.5 Å². The summed E-state index contributed by atoms with van der Waals surface area (Å²) in [5.74, 6) is -0.0445. The first kappa shape index (κ1) is 10.4. The molecule has 5 heteroatoms. The molecule has 5 nitrogen and oxygen atoms in total. The van der Waals surface area contributed by atoms with E-state index in [0.29, 0.717) is 19.7 Å². The van der Waals surface area contributed by atoms with Crippen molar-refractivity contribution in [2.75, 3.05) is 26.8 Å². The molecule has 2 fully saturated rings. The fourth-order valence-corrected chi connectivity index (χ4v) is 1.71. The standard InChI is InChI=1S/C10H15NO4/c1-14-10(13)8-6-11(4-5-15-8)9(12)7-2-3-7/h7-8H,2-6H2,1H3. The maximum Gasteiger partial charge on any atom is 0.336 e. The number of rotatable bonds is 2. The van der Waals surface area contributed by atoms with Crippen LogP contribution in [0.5, 0.6) is 0 Å². The van der Waals surface area contributed by atoms with E-state index in [4.69, 9.17) is 4.74 Å². The molecule has 2 aliphatic rings. The molecule has 0 bridgehead atoms. The topological polar surface area (TPSA) is 55.8 Å². The summed E-state index contributed by atoms with van der Waals surface area (Å²) >= 11 is 0. The second-order valence-corrected chi connectivity index (χ2v) is 3.94.